The summed E-state index contributed by atoms with van der Waals surface area (Å²) in [6.07, 6.45) is 0. The van der Waals surface area contributed by atoms with Gasteiger partial charge in [-0.25, -0.2) is 14.2 Å². The van der Waals surface area contributed by atoms with Gasteiger partial charge in [0.2, 0.25) is 0 Å². The van der Waals surface area contributed by atoms with Crippen molar-refractivity contribution in [3.05, 3.63) is 46.4 Å². The minimum absolute atomic E-state index is 0.228. The zero-order valence-electron chi connectivity index (χ0n) is 9.89. The lowest BCUT2D eigenvalue weighted by atomic mass is 10.1. The molecule has 0 saturated carbocycles. The molecule has 0 bridgehead atoms. The molecule has 0 amide bonds. The molecule has 0 aliphatic heterocycles. The number of aromatic carboxylic acids is 1. The first-order valence-corrected chi connectivity index (χ1v) is 5.71. The number of nitriles is 1. The maximum atomic E-state index is 14.0. The van der Waals surface area contributed by atoms with E-state index in [1.165, 1.54) is 24.3 Å². The van der Waals surface area contributed by atoms with Crippen molar-refractivity contribution in [2.45, 2.75) is 0 Å². The molecule has 1 heterocycles. The number of halogens is 2. The van der Waals surface area contributed by atoms with Gasteiger partial charge in [0.15, 0.2) is 11.5 Å². The fraction of sp³-hybridized carbons (Fsp3) is 0. The average molecular weight is 292 g/mol. The minimum Gasteiger partial charge on any atom is -0.476 e. The van der Waals surface area contributed by atoms with Crippen LogP contribution in [-0.2, 0) is 0 Å². The van der Waals surface area contributed by atoms with Crippen LogP contribution in [0.3, 0.4) is 0 Å². The van der Waals surface area contributed by atoms with Crippen LogP contribution in [0.4, 0.5) is 10.1 Å². The smallest absolute Gasteiger partial charge is 0.356 e. The Morgan fingerprint density at radius 2 is 2.00 bits per heavy atom. The molecule has 5 nitrogen and oxygen atoms in total. The topological polar surface area (TPSA) is 100 Å². The summed E-state index contributed by atoms with van der Waals surface area (Å²) in [4.78, 5) is 14.7. The first-order valence-electron chi connectivity index (χ1n) is 5.34. The molecular weight excluding hydrogens is 285 g/mol. The SMILES string of the molecule is N#Cc1ccc(-c2nc(C(=O)O)c(Cl)c(N)c2F)cc1. The number of carboxylic acid groups (broad SMARTS) is 1. The number of anilines is 1. The summed E-state index contributed by atoms with van der Waals surface area (Å²) in [6.45, 7) is 0. The first kappa shape index (κ1) is 13.8. The van der Waals surface area contributed by atoms with Gasteiger partial charge in [-0.2, -0.15) is 5.26 Å². The number of hydrogen-bond donors (Lipinski definition) is 2. The van der Waals surface area contributed by atoms with E-state index in [-0.39, 0.29) is 5.69 Å². The Labute approximate surface area is 118 Å². The second-order valence-corrected chi connectivity index (χ2v) is 4.22. The van der Waals surface area contributed by atoms with E-state index in [4.69, 9.17) is 27.7 Å². The number of rotatable bonds is 2. The second kappa shape index (κ2) is 5.15. The predicted octanol–water partition coefficient (Wildman–Crippen LogP) is 2.69. The number of carboxylic acids is 1. The molecule has 20 heavy (non-hydrogen) atoms. The summed E-state index contributed by atoms with van der Waals surface area (Å²) < 4.78 is 14.0. The van der Waals surface area contributed by atoms with Gasteiger partial charge < -0.3 is 10.8 Å². The van der Waals surface area contributed by atoms with E-state index in [2.05, 4.69) is 4.98 Å². The predicted molar refractivity (Wildman–Crippen MR) is 70.7 cm³/mol. The highest BCUT2D eigenvalue weighted by Gasteiger charge is 2.21. The van der Waals surface area contributed by atoms with Gasteiger partial charge in [0.1, 0.15) is 5.69 Å². The van der Waals surface area contributed by atoms with Crippen molar-refractivity contribution < 1.29 is 14.3 Å². The Morgan fingerprint density at radius 1 is 1.40 bits per heavy atom. The first-order chi connectivity index (χ1) is 9.45. The molecule has 0 atom stereocenters. The molecule has 3 N–H and O–H groups in total. The fourth-order valence-corrected chi connectivity index (χ4v) is 1.80. The Bertz CT molecular complexity index is 739. The van der Waals surface area contributed by atoms with Crippen LogP contribution in [-0.4, -0.2) is 16.1 Å². The number of nitrogens with zero attached hydrogens (tertiary/aromatic N) is 2. The summed E-state index contributed by atoms with van der Waals surface area (Å²) in [5.74, 6) is -2.30. The third-order valence-electron chi connectivity index (χ3n) is 2.60. The van der Waals surface area contributed by atoms with Crippen LogP contribution in [0, 0.1) is 17.1 Å². The lowest BCUT2D eigenvalue weighted by Crippen LogP contribution is -2.08. The molecular formula is C13H7ClFN3O2. The third-order valence-corrected chi connectivity index (χ3v) is 2.98. The van der Waals surface area contributed by atoms with E-state index in [1.54, 1.807) is 0 Å². The van der Waals surface area contributed by atoms with Crippen molar-refractivity contribution in [3.8, 4) is 17.3 Å². The molecule has 0 unspecified atom stereocenters. The summed E-state index contributed by atoms with van der Waals surface area (Å²) >= 11 is 5.65. The van der Waals surface area contributed by atoms with Gasteiger partial charge in [-0.1, -0.05) is 23.7 Å². The van der Waals surface area contributed by atoms with E-state index in [1.807, 2.05) is 6.07 Å². The molecule has 100 valence electrons. The molecule has 0 spiro atoms. The van der Waals surface area contributed by atoms with E-state index in [0.29, 0.717) is 11.1 Å². The van der Waals surface area contributed by atoms with Gasteiger partial charge in [-0.3, -0.25) is 0 Å². The zero-order chi connectivity index (χ0) is 14.9. The monoisotopic (exact) mass is 291 g/mol. The lowest BCUT2D eigenvalue weighted by Gasteiger charge is -2.09. The summed E-state index contributed by atoms with van der Waals surface area (Å²) in [6, 6.07) is 7.73. The van der Waals surface area contributed by atoms with Crippen LogP contribution in [0.5, 0.6) is 0 Å². The second-order valence-electron chi connectivity index (χ2n) is 3.84. The van der Waals surface area contributed by atoms with Crippen molar-refractivity contribution in [2.75, 3.05) is 5.73 Å². The van der Waals surface area contributed by atoms with Gasteiger partial charge in [0, 0.05) is 5.56 Å². The Kier molecular flexibility index (Phi) is 3.55. The molecule has 2 aromatic rings. The number of nitrogens with two attached hydrogens (primary N) is 1. The molecule has 0 fully saturated rings. The van der Waals surface area contributed by atoms with Crippen LogP contribution in [0.15, 0.2) is 24.3 Å². The van der Waals surface area contributed by atoms with Crippen LogP contribution in [0.1, 0.15) is 16.1 Å². The van der Waals surface area contributed by atoms with Crippen LogP contribution < -0.4 is 5.73 Å². The van der Waals surface area contributed by atoms with Crippen LogP contribution in [0.25, 0.3) is 11.3 Å². The summed E-state index contributed by atoms with van der Waals surface area (Å²) in [5, 5.41) is 17.2. The van der Waals surface area contributed by atoms with Gasteiger partial charge >= 0.3 is 5.97 Å². The Balaban J connectivity index is 2.67. The number of aromatic nitrogens is 1. The van der Waals surface area contributed by atoms with Gasteiger partial charge in [-0.05, 0) is 12.1 Å². The molecule has 1 aromatic carbocycles. The van der Waals surface area contributed by atoms with Crippen molar-refractivity contribution in [1.82, 2.24) is 4.98 Å². The Hall–Kier alpha value is -2.65. The molecule has 0 aliphatic carbocycles. The largest absolute Gasteiger partial charge is 0.476 e. The van der Waals surface area contributed by atoms with Crippen molar-refractivity contribution in [1.29, 1.82) is 5.26 Å². The average Bonchev–Trinajstić information content (AvgIpc) is 2.45. The van der Waals surface area contributed by atoms with E-state index in [0.717, 1.165) is 0 Å². The molecule has 7 heteroatoms. The minimum atomic E-state index is -1.41. The number of hydrogen-bond acceptors (Lipinski definition) is 4. The molecule has 0 radical (unpaired) electrons. The van der Waals surface area contributed by atoms with Gasteiger partial charge in [0.05, 0.1) is 22.3 Å². The van der Waals surface area contributed by atoms with Crippen LogP contribution in [0.2, 0.25) is 5.02 Å². The van der Waals surface area contributed by atoms with E-state index < -0.39 is 28.2 Å². The number of nitrogen functional groups attached to an aromatic ring is 1. The molecule has 1 aromatic heterocycles. The zero-order valence-corrected chi connectivity index (χ0v) is 10.6. The quantitative estimate of drug-likeness (QED) is 0.886. The van der Waals surface area contributed by atoms with Crippen molar-refractivity contribution in [2.24, 2.45) is 0 Å². The highest BCUT2D eigenvalue weighted by atomic mass is 35.5. The highest BCUT2D eigenvalue weighted by Crippen LogP contribution is 2.32. The molecule has 2 rings (SSSR count). The standard InChI is InChI=1S/C13H7ClFN3O2/c14-8-10(17)9(15)11(18-12(8)13(19)20)7-3-1-6(5-16)2-4-7/h1-4H,(H2,17,18)(H,19,20). The van der Waals surface area contributed by atoms with Gasteiger partial charge in [-0.15, -0.1) is 0 Å². The third kappa shape index (κ3) is 2.27. The van der Waals surface area contributed by atoms with E-state index >= 15 is 0 Å². The summed E-state index contributed by atoms with van der Waals surface area (Å²) in [7, 11) is 0. The maximum absolute atomic E-state index is 14.0. The summed E-state index contributed by atoms with van der Waals surface area (Å²) in [5.41, 5.74) is 4.91. The number of benzene rings is 1. The molecule has 0 saturated heterocycles. The van der Waals surface area contributed by atoms with E-state index in [9.17, 15) is 9.18 Å². The van der Waals surface area contributed by atoms with Gasteiger partial charge in [0.25, 0.3) is 0 Å². The number of pyridine rings is 1. The Morgan fingerprint density at radius 3 is 2.50 bits per heavy atom. The van der Waals surface area contributed by atoms with Crippen molar-refractivity contribution in [3.63, 3.8) is 0 Å². The maximum Gasteiger partial charge on any atom is 0.356 e. The highest BCUT2D eigenvalue weighted by molar-refractivity contribution is 6.35. The number of carbonyl (C=O) groups is 1. The lowest BCUT2D eigenvalue weighted by molar-refractivity contribution is 0.0691. The van der Waals surface area contributed by atoms with Crippen molar-refractivity contribution >= 4 is 23.3 Å². The van der Waals surface area contributed by atoms with Crippen LogP contribution >= 0.6 is 11.6 Å². The molecule has 0 aliphatic rings. The fourth-order valence-electron chi connectivity index (χ4n) is 1.60. The normalized spacial score (nSPS) is 10.1.